The first-order chi connectivity index (χ1) is 21.7. The molecule has 0 bridgehead atoms. The highest BCUT2D eigenvalue weighted by Gasteiger charge is 2.30. The lowest BCUT2D eigenvalue weighted by molar-refractivity contribution is -0.142. The van der Waals surface area contributed by atoms with Gasteiger partial charge >= 0.3 is 5.97 Å². The van der Waals surface area contributed by atoms with Crippen LogP contribution in [0, 0.1) is 0 Å². The van der Waals surface area contributed by atoms with E-state index in [1.54, 1.807) is 7.11 Å². The van der Waals surface area contributed by atoms with Crippen molar-refractivity contribution in [1.29, 1.82) is 0 Å². The van der Waals surface area contributed by atoms with Crippen LogP contribution in [0.2, 0.25) is 0 Å². The summed E-state index contributed by atoms with van der Waals surface area (Å²) in [6.07, 6.45) is 6.47. The number of rotatable bonds is 8. The molecule has 6 rings (SSSR count). The van der Waals surface area contributed by atoms with Crippen LogP contribution >= 0.6 is 12.4 Å². The highest BCUT2D eigenvalue weighted by atomic mass is 35.5. The Morgan fingerprint density at radius 1 is 1.02 bits per heavy atom. The third kappa shape index (κ3) is 6.46. The standard InChI is InChI=1S/C37H43N3O5.ClH/c1-37(2,26-13-10-23(11-14-26)20-30(38)36(42)44-4)39-35(41)25-12-16-28-31(21-25)40-18-19-45-32-22-27(43-3)15-17-29(32)34(40)33(28)24-8-6-5-7-9-24;/h10-17,21-22,24,30H,5-9,18-20,38H2,1-4H3,(H,39,41);1H. The van der Waals surface area contributed by atoms with E-state index in [0.29, 0.717) is 31.1 Å². The van der Waals surface area contributed by atoms with Gasteiger partial charge in [0.05, 0.1) is 32.0 Å². The number of amides is 1. The first kappa shape index (κ1) is 33.4. The minimum Gasteiger partial charge on any atom is -0.497 e. The van der Waals surface area contributed by atoms with Crippen molar-refractivity contribution < 1.29 is 23.8 Å². The van der Waals surface area contributed by atoms with E-state index >= 15 is 0 Å². The molecule has 1 aliphatic carbocycles. The van der Waals surface area contributed by atoms with Crippen molar-refractivity contribution in [1.82, 2.24) is 9.88 Å². The normalized spacial score (nSPS) is 15.4. The van der Waals surface area contributed by atoms with E-state index in [1.807, 2.05) is 62.4 Å². The lowest BCUT2D eigenvalue weighted by atomic mass is 9.81. The van der Waals surface area contributed by atoms with E-state index in [0.717, 1.165) is 33.7 Å². The zero-order chi connectivity index (χ0) is 31.7. The van der Waals surface area contributed by atoms with Crippen molar-refractivity contribution in [3.8, 4) is 22.8 Å². The van der Waals surface area contributed by atoms with Gasteiger partial charge in [-0.1, -0.05) is 49.6 Å². The van der Waals surface area contributed by atoms with Crippen LogP contribution in [0.5, 0.6) is 11.5 Å². The second-order valence-electron chi connectivity index (χ2n) is 12.8. The molecule has 3 N–H and O–H groups in total. The van der Waals surface area contributed by atoms with Gasteiger partial charge < -0.3 is 29.8 Å². The van der Waals surface area contributed by atoms with E-state index < -0.39 is 17.6 Å². The Hall–Kier alpha value is -4.01. The predicted molar refractivity (Wildman–Crippen MR) is 183 cm³/mol. The smallest absolute Gasteiger partial charge is 0.322 e. The number of esters is 1. The summed E-state index contributed by atoms with van der Waals surface area (Å²) in [7, 11) is 3.01. The highest BCUT2D eigenvalue weighted by Crippen LogP contribution is 2.47. The van der Waals surface area contributed by atoms with Crippen molar-refractivity contribution in [2.24, 2.45) is 5.73 Å². The molecule has 0 radical (unpaired) electrons. The zero-order valence-electron chi connectivity index (χ0n) is 27.1. The van der Waals surface area contributed by atoms with Crippen molar-refractivity contribution in [2.75, 3.05) is 20.8 Å². The Bertz CT molecular complexity index is 1720. The molecule has 46 heavy (non-hydrogen) atoms. The first-order valence-electron chi connectivity index (χ1n) is 15.9. The summed E-state index contributed by atoms with van der Waals surface area (Å²) >= 11 is 0. The summed E-state index contributed by atoms with van der Waals surface area (Å²) in [6, 6.07) is 19.4. The molecule has 244 valence electrons. The number of methoxy groups -OCH3 is 2. The van der Waals surface area contributed by atoms with Crippen LogP contribution in [0.4, 0.5) is 0 Å². The molecule has 2 heterocycles. The van der Waals surface area contributed by atoms with Crippen LogP contribution in [-0.2, 0) is 28.0 Å². The second kappa shape index (κ2) is 13.8. The first-order valence-corrected chi connectivity index (χ1v) is 15.9. The maximum absolute atomic E-state index is 13.8. The number of nitrogens with two attached hydrogens (primary N) is 1. The summed E-state index contributed by atoms with van der Waals surface area (Å²) in [6.45, 7) is 5.21. The summed E-state index contributed by atoms with van der Waals surface area (Å²) in [5.41, 5.74) is 12.5. The minimum absolute atomic E-state index is 0. The van der Waals surface area contributed by atoms with Crippen LogP contribution in [0.15, 0.2) is 60.7 Å². The van der Waals surface area contributed by atoms with E-state index in [-0.39, 0.29) is 18.3 Å². The number of carbonyl (C=O) groups is 2. The number of hydrogen-bond donors (Lipinski definition) is 2. The highest BCUT2D eigenvalue weighted by molar-refractivity contribution is 6.01. The van der Waals surface area contributed by atoms with Gasteiger partial charge in [-0.05, 0) is 80.0 Å². The van der Waals surface area contributed by atoms with Crippen LogP contribution in [-0.4, -0.2) is 43.3 Å². The van der Waals surface area contributed by atoms with E-state index in [2.05, 4.69) is 22.0 Å². The maximum Gasteiger partial charge on any atom is 0.322 e. The van der Waals surface area contributed by atoms with Crippen LogP contribution in [0.1, 0.15) is 78.9 Å². The van der Waals surface area contributed by atoms with Crippen molar-refractivity contribution >= 4 is 35.2 Å². The van der Waals surface area contributed by atoms with Gasteiger partial charge in [-0.3, -0.25) is 9.59 Å². The van der Waals surface area contributed by atoms with Crippen LogP contribution < -0.4 is 20.5 Å². The number of aromatic nitrogens is 1. The molecule has 1 aliphatic heterocycles. The topological polar surface area (TPSA) is 105 Å². The molecule has 1 unspecified atom stereocenters. The fraction of sp³-hybridized carbons (Fsp3) is 0.405. The molecule has 9 heteroatoms. The molecule has 1 fully saturated rings. The fourth-order valence-electron chi connectivity index (χ4n) is 7.01. The molecule has 8 nitrogen and oxygen atoms in total. The zero-order valence-corrected chi connectivity index (χ0v) is 27.9. The Morgan fingerprint density at radius 2 is 1.76 bits per heavy atom. The van der Waals surface area contributed by atoms with E-state index in [4.69, 9.17) is 19.9 Å². The van der Waals surface area contributed by atoms with Gasteiger partial charge in [-0.2, -0.15) is 0 Å². The van der Waals surface area contributed by atoms with Gasteiger partial charge in [0, 0.05) is 28.1 Å². The monoisotopic (exact) mass is 645 g/mol. The van der Waals surface area contributed by atoms with Crippen LogP contribution in [0.25, 0.3) is 22.2 Å². The molecule has 1 saturated carbocycles. The lowest BCUT2D eigenvalue weighted by Crippen LogP contribution is -2.41. The molecular formula is C37H44ClN3O5. The molecule has 0 spiro atoms. The summed E-state index contributed by atoms with van der Waals surface area (Å²) < 4.78 is 18.9. The Labute approximate surface area is 277 Å². The van der Waals surface area contributed by atoms with Gasteiger partial charge in [0.25, 0.3) is 5.91 Å². The quantitative estimate of drug-likeness (QED) is 0.202. The molecular weight excluding hydrogens is 602 g/mol. The summed E-state index contributed by atoms with van der Waals surface area (Å²) in [5.74, 6) is 1.51. The molecule has 4 aromatic rings. The number of carbonyl (C=O) groups excluding carboxylic acids is 2. The summed E-state index contributed by atoms with van der Waals surface area (Å²) in [4.78, 5) is 25.5. The third-order valence-electron chi connectivity index (χ3n) is 9.46. The average Bonchev–Trinajstić information content (AvgIpc) is 3.25. The number of nitrogens with one attached hydrogen (secondary N) is 1. The number of hydrogen-bond acceptors (Lipinski definition) is 6. The van der Waals surface area contributed by atoms with Crippen molar-refractivity contribution in [2.45, 2.75) is 76.4 Å². The van der Waals surface area contributed by atoms with Gasteiger partial charge in [-0.25, -0.2) is 0 Å². The molecule has 1 atom stereocenters. The number of halogens is 1. The SMILES string of the molecule is COC(=O)C(N)Cc1ccc(C(C)(C)NC(=O)c2ccc3c(C4CCCCC4)c4n(c3c2)CCOc2cc(OC)ccc2-4)cc1.Cl. The second-order valence-corrected chi connectivity index (χ2v) is 12.8. The van der Waals surface area contributed by atoms with Crippen LogP contribution in [0.3, 0.4) is 0 Å². The van der Waals surface area contributed by atoms with Gasteiger partial charge in [0.2, 0.25) is 0 Å². The summed E-state index contributed by atoms with van der Waals surface area (Å²) in [5, 5.41) is 4.47. The number of fused-ring (bicyclic) bond motifs is 5. The number of nitrogens with zero attached hydrogens (tertiary/aromatic N) is 1. The average molecular weight is 646 g/mol. The molecule has 0 saturated heterocycles. The van der Waals surface area contributed by atoms with Gasteiger partial charge in [0.15, 0.2) is 0 Å². The molecule has 1 amide bonds. The molecule has 3 aromatic carbocycles. The van der Waals surface area contributed by atoms with Crippen molar-refractivity contribution in [3.63, 3.8) is 0 Å². The van der Waals surface area contributed by atoms with E-state index in [1.165, 1.54) is 55.9 Å². The van der Waals surface area contributed by atoms with Crippen molar-refractivity contribution in [3.05, 3.63) is 82.9 Å². The molecule has 1 aromatic heterocycles. The van der Waals surface area contributed by atoms with Gasteiger partial charge in [0.1, 0.15) is 24.1 Å². The number of benzene rings is 3. The number of ether oxygens (including phenoxy) is 3. The van der Waals surface area contributed by atoms with E-state index in [9.17, 15) is 9.59 Å². The van der Waals surface area contributed by atoms with Gasteiger partial charge in [-0.15, -0.1) is 12.4 Å². The Morgan fingerprint density at radius 3 is 2.46 bits per heavy atom. The fourth-order valence-corrected chi connectivity index (χ4v) is 7.01. The Kier molecular flexibility index (Phi) is 9.99. The lowest BCUT2D eigenvalue weighted by Gasteiger charge is -2.27. The predicted octanol–water partition coefficient (Wildman–Crippen LogP) is 6.89. The minimum atomic E-state index is -0.714. The largest absolute Gasteiger partial charge is 0.497 e. The maximum atomic E-state index is 13.8. The Balaban J connectivity index is 0.00000417. The third-order valence-corrected chi connectivity index (χ3v) is 9.46. The molecule has 2 aliphatic rings.